The number of nitrogens with zero attached hydrogens (tertiary/aromatic N) is 2. The van der Waals surface area contributed by atoms with E-state index in [9.17, 15) is 4.79 Å². The number of hydrogen-bond donors (Lipinski definition) is 1. The van der Waals surface area contributed by atoms with Crippen molar-refractivity contribution in [3.8, 4) is 12.3 Å². The zero-order valence-electron chi connectivity index (χ0n) is 8.76. The van der Waals surface area contributed by atoms with E-state index in [0.717, 1.165) is 0 Å². The molecule has 4 heteroatoms. The van der Waals surface area contributed by atoms with Crippen LogP contribution in [0.1, 0.15) is 10.4 Å². The Labute approximate surface area is 94.2 Å². The second kappa shape index (κ2) is 5.56. The highest BCUT2D eigenvalue weighted by Crippen LogP contribution is 2.16. The summed E-state index contributed by atoms with van der Waals surface area (Å²) < 4.78 is 0. The van der Waals surface area contributed by atoms with Crippen molar-refractivity contribution >= 4 is 11.8 Å². The summed E-state index contributed by atoms with van der Waals surface area (Å²) in [5.74, 6) is 1.81. The van der Waals surface area contributed by atoms with Gasteiger partial charge in [-0.25, -0.2) is 9.78 Å². The third-order valence-electron chi connectivity index (χ3n) is 1.95. The van der Waals surface area contributed by atoms with Gasteiger partial charge in [-0.3, -0.25) is 0 Å². The maximum absolute atomic E-state index is 11.0. The van der Waals surface area contributed by atoms with Crippen molar-refractivity contribution in [2.24, 2.45) is 0 Å². The molecule has 0 aromatic carbocycles. The van der Waals surface area contributed by atoms with E-state index in [2.05, 4.69) is 17.5 Å². The van der Waals surface area contributed by atoms with Crippen LogP contribution in [-0.4, -0.2) is 29.1 Å². The zero-order valence-corrected chi connectivity index (χ0v) is 8.76. The number of terminal acetylenes is 1. The Balaban J connectivity index is 3.12. The van der Waals surface area contributed by atoms with Crippen LogP contribution in [0.15, 0.2) is 31.0 Å². The standard InChI is InChI=1S/C12H12N2O2/c1-3-8-14(9-4-2)11-10(12(15)16)6-5-7-13-11/h1,4-7H,2,8-9H2,(H,15,16). The lowest BCUT2D eigenvalue weighted by molar-refractivity contribution is 0.0697. The molecule has 0 radical (unpaired) electrons. The predicted octanol–water partition coefficient (Wildman–Crippen LogP) is 1.41. The maximum atomic E-state index is 11.0. The molecular weight excluding hydrogens is 204 g/mol. The summed E-state index contributed by atoms with van der Waals surface area (Å²) >= 11 is 0. The van der Waals surface area contributed by atoms with Gasteiger partial charge in [0, 0.05) is 12.7 Å². The number of anilines is 1. The first-order valence-electron chi connectivity index (χ1n) is 4.68. The highest BCUT2D eigenvalue weighted by Gasteiger charge is 2.15. The highest BCUT2D eigenvalue weighted by molar-refractivity contribution is 5.93. The first-order valence-corrected chi connectivity index (χ1v) is 4.68. The zero-order chi connectivity index (χ0) is 12.0. The topological polar surface area (TPSA) is 53.4 Å². The molecule has 0 aliphatic carbocycles. The summed E-state index contributed by atoms with van der Waals surface area (Å²) in [7, 11) is 0. The van der Waals surface area contributed by atoms with Gasteiger partial charge in [-0.05, 0) is 12.1 Å². The van der Waals surface area contributed by atoms with Crippen molar-refractivity contribution < 1.29 is 9.90 Å². The summed E-state index contributed by atoms with van der Waals surface area (Å²) in [6.07, 6.45) is 8.41. The molecular formula is C12H12N2O2. The molecule has 1 aromatic heterocycles. The highest BCUT2D eigenvalue weighted by atomic mass is 16.4. The second-order valence-corrected chi connectivity index (χ2v) is 3.05. The molecule has 1 N–H and O–H groups in total. The number of carbonyl (C=O) groups is 1. The van der Waals surface area contributed by atoms with E-state index in [0.29, 0.717) is 18.9 Å². The van der Waals surface area contributed by atoms with Gasteiger partial charge in [-0.15, -0.1) is 13.0 Å². The SMILES string of the molecule is C#CCN(CC=C)c1ncccc1C(=O)O. The van der Waals surface area contributed by atoms with Gasteiger partial charge in [0.05, 0.1) is 6.54 Å². The largest absolute Gasteiger partial charge is 0.478 e. The average molecular weight is 216 g/mol. The third-order valence-corrected chi connectivity index (χ3v) is 1.95. The molecule has 1 rings (SSSR count). The van der Waals surface area contributed by atoms with Gasteiger partial charge in [0.1, 0.15) is 11.4 Å². The Kier molecular flexibility index (Phi) is 4.10. The molecule has 0 spiro atoms. The van der Waals surface area contributed by atoms with Gasteiger partial charge in [-0.1, -0.05) is 12.0 Å². The molecule has 0 saturated heterocycles. The molecule has 16 heavy (non-hydrogen) atoms. The second-order valence-electron chi connectivity index (χ2n) is 3.05. The molecule has 4 nitrogen and oxygen atoms in total. The lowest BCUT2D eigenvalue weighted by Gasteiger charge is -2.20. The van der Waals surface area contributed by atoms with Crippen molar-refractivity contribution in [3.05, 3.63) is 36.5 Å². The summed E-state index contributed by atoms with van der Waals surface area (Å²) in [6.45, 7) is 4.35. The monoisotopic (exact) mass is 216 g/mol. The molecule has 0 aliphatic heterocycles. The molecule has 0 fully saturated rings. The molecule has 1 heterocycles. The quantitative estimate of drug-likeness (QED) is 0.597. The minimum Gasteiger partial charge on any atom is -0.478 e. The van der Waals surface area contributed by atoms with E-state index < -0.39 is 5.97 Å². The van der Waals surface area contributed by atoms with Crippen molar-refractivity contribution in [2.75, 3.05) is 18.0 Å². The van der Waals surface area contributed by atoms with Crippen LogP contribution in [-0.2, 0) is 0 Å². The lowest BCUT2D eigenvalue weighted by atomic mass is 10.2. The molecule has 0 saturated carbocycles. The first kappa shape index (κ1) is 11.8. The number of aromatic nitrogens is 1. The number of carboxylic acids is 1. The molecule has 82 valence electrons. The fraction of sp³-hybridized carbons (Fsp3) is 0.167. The van der Waals surface area contributed by atoms with Crippen LogP contribution in [0.2, 0.25) is 0 Å². The minimum absolute atomic E-state index is 0.139. The number of hydrogen-bond acceptors (Lipinski definition) is 3. The summed E-state index contributed by atoms with van der Waals surface area (Å²) in [5, 5.41) is 9.01. The van der Waals surface area contributed by atoms with Gasteiger partial charge in [0.2, 0.25) is 0 Å². The Morgan fingerprint density at radius 3 is 3.06 bits per heavy atom. The number of aromatic carboxylic acids is 1. The average Bonchev–Trinajstić information content (AvgIpc) is 2.29. The summed E-state index contributed by atoms with van der Waals surface area (Å²) in [5.41, 5.74) is 0.139. The molecule has 0 amide bonds. The Bertz CT molecular complexity index is 435. The molecule has 0 bridgehead atoms. The third kappa shape index (κ3) is 2.61. The smallest absolute Gasteiger partial charge is 0.339 e. The van der Waals surface area contributed by atoms with Crippen LogP contribution in [0, 0.1) is 12.3 Å². The Morgan fingerprint density at radius 1 is 1.75 bits per heavy atom. The van der Waals surface area contributed by atoms with E-state index in [-0.39, 0.29) is 5.56 Å². The van der Waals surface area contributed by atoms with Gasteiger partial charge in [0.25, 0.3) is 0 Å². The van der Waals surface area contributed by atoms with Crippen LogP contribution < -0.4 is 4.90 Å². The van der Waals surface area contributed by atoms with E-state index in [4.69, 9.17) is 11.5 Å². The van der Waals surface area contributed by atoms with Gasteiger partial charge in [-0.2, -0.15) is 0 Å². The molecule has 0 atom stereocenters. The number of pyridine rings is 1. The van der Waals surface area contributed by atoms with E-state index in [1.165, 1.54) is 12.3 Å². The number of rotatable bonds is 5. The van der Waals surface area contributed by atoms with Crippen LogP contribution in [0.4, 0.5) is 5.82 Å². The van der Waals surface area contributed by atoms with Crippen molar-refractivity contribution in [3.63, 3.8) is 0 Å². The Hall–Kier alpha value is -2.28. The Morgan fingerprint density at radius 2 is 2.50 bits per heavy atom. The van der Waals surface area contributed by atoms with Crippen LogP contribution in [0.25, 0.3) is 0 Å². The van der Waals surface area contributed by atoms with Crippen molar-refractivity contribution in [2.45, 2.75) is 0 Å². The minimum atomic E-state index is -1.02. The van der Waals surface area contributed by atoms with Gasteiger partial charge in [0.15, 0.2) is 0 Å². The molecule has 0 unspecified atom stereocenters. The normalized spacial score (nSPS) is 9.19. The van der Waals surface area contributed by atoms with Gasteiger partial charge < -0.3 is 10.0 Å². The molecule has 0 aliphatic rings. The predicted molar refractivity (Wildman–Crippen MR) is 62.4 cm³/mol. The van der Waals surface area contributed by atoms with E-state index >= 15 is 0 Å². The van der Waals surface area contributed by atoms with Crippen LogP contribution in [0.3, 0.4) is 0 Å². The van der Waals surface area contributed by atoms with E-state index in [1.54, 1.807) is 17.0 Å². The van der Waals surface area contributed by atoms with E-state index in [1.807, 2.05) is 0 Å². The molecule has 1 aromatic rings. The lowest BCUT2D eigenvalue weighted by Crippen LogP contribution is -2.26. The maximum Gasteiger partial charge on any atom is 0.339 e. The van der Waals surface area contributed by atoms with Crippen LogP contribution in [0.5, 0.6) is 0 Å². The number of carboxylic acid groups (broad SMARTS) is 1. The van der Waals surface area contributed by atoms with Gasteiger partial charge >= 0.3 is 5.97 Å². The van der Waals surface area contributed by atoms with Crippen LogP contribution >= 0.6 is 0 Å². The van der Waals surface area contributed by atoms with Crippen molar-refractivity contribution in [1.29, 1.82) is 0 Å². The first-order chi connectivity index (χ1) is 7.70. The van der Waals surface area contributed by atoms with Crippen molar-refractivity contribution in [1.82, 2.24) is 4.98 Å². The summed E-state index contributed by atoms with van der Waals surface area (Å²) in [4.78, 5) is 16.7. The summed E-state index contributed by atoms with van der Waals surface area (Å²) in [6, 6.07) is 3.08. The fourth-order valence-corrected chi connectivity index (χ4v) is 1.31. The fourth-order valence-electron chi connectivity index (χ4n) is 1.31.